The third-order valence-electron chi connectivity index (χ3n) is 7.25. The minimum atomic E-state index is -0.244. The van der Waals surface area contributed by atoms with Crippen LogP contribution in [0.1, 0.15) is 44.1 Å². The fraction of sp³-hybridized carbons (Fsp3) is 0.682. The minimum Gasteiger partial charge on any atom is -0.364 e. The predicted molar refractivity (Wildman–Crippen MR) is 101 cm³/mol. The third-order valence-corrected chi connectivity index (χ3v) is 7.25. The summed E-state index contributed by atoms with van der Waals surface area (Å²) in [5, 5.41) is 0. The van der Waals surface area contributed by atoms with Gasteiger partial charge in [0.25, 0.3) is 5.91 Å². The molecule has 5 rings (SSSR count). The van der Waals surface area contributed by atoms with E-state index in [-0.39, 0.29) is 12.0 Å². The highest BCUT2D eigenvalue weighted by atomic mass is 16.5. The second kappa shape index (κ2) is 6.97. The molecule has 4 fully saturated rings. The Morgan fingerprint density at radius 1 is 1.00 bits per heavy atom. The van der Waals surface area contributed by atoms with Crippen molar-refractivity contribution in [2.24, 2.45) is 11.8 Å². The van der Waals surface area contributed by atoms with Crippen LogP contribution in [0.3, 0.4) is 0 Å². The first-order valence-electron chi connectivity index (χ1n) is 10.5. The monoisotopic (exact) mass is 354 g/mol. The highest BCUT2D eigenvalue weighted by molar-refractivity contribution is 5.82. The number of nitrogens with zero attached hydrogens (tertiary/aromatic N) is 2. The average molecular weight is 354 g/mol. The lowest BCUT2D eigenvalue weighted by molar-refractivity contribution is -0.167. The van der Waals surface area contributed by atoms with Crippen molar-refractivity contribution in [3.05, 3.63) is 35.9 Å². The predicted octanol–water partition coefficient (Wildman–Crippen LogP) is 3.07. The number of carbonyl (C=O) groups excluding carboxylic acids is 1. The number of amides is 1. The quantitative estimate of drug-likeness (QED) is 0.836. The van der Waals surface area contributed by atoms with Crippen molar-refractivity contribution < 1.29 is 9.53 Å². The number of rotatable bonds is 3. The molecule has 0 aromatic heterocycles. The smallest absolute Gasteiger partial charge is 0.251 e. The summed E-state index contributed by atoms with van der Waals surface area (Å²) in [7, 11) is 0. The number of piperidine rings is 4. The van der Waals surface area contributed by atoms with E-state index < -0.39 is 0 Å². The SMILES string of the molecule is O=C1C(OCc2ccccc2)CCC2C3CCCN4CCCC(CN12)C34. The lowest BCUT2D eigenvalue weighted by Gasteiger charge is -2.59. The topological polar surface area (TPSA) is 32.8 Å². The molecule has 4 aliphatic heterocycles. The van der Waals surface area contributed by atoms with Gasteiger partial charge in [-0.1, -0.05) is 30.3 Å². The van der Waals surface area contributed by atoms with Gasteiger partial charge in [0, 0.05) is 18.6 Å². The number of hydrogen-bond acceptors (Lipinski definition) is 3. The first kappa shape index (κ1) is 16.8. The highest BCUT2D eigenvalue weighted by Gasteiger charge is 2.52. The summed E-state index contributed by atoms with van der Waals surface area (Å²) in [6.45, 7) is 4.06. The molecule has 1 aromatic carbocycles. The molecule has 140 valence electrons. The molecule has 4 saturated heterocycles. The van der Waals surface area contributed by atoms with Crippen LogP contribution in [0.5, 0.6) is 0 Å². The Morgan fingerprint density at radius 2 is 1.81 bits per heavy atom. The second-order valence-electron chi connectivity index (χ2n) is 8.66. The Labute approximate surface area is 156 Å². The fourth-order valence-electron chi connectivity index (χ4n) is 6.17. The molecule has 4 nitrogen and oxygen atoms in total. The van der Waals surface area contributed by atoms with Gasteiger partial charge in [0.15, 0.2) is 0 Å². The van der Waals surface area contributed by atoms with Gasteiger partial charge >= 0.3 is 0 Å². The van der Waals surface area contributed by atoms with Crippen molar-refractivity contribution in [3.8, 4) is 0 Å². The Morgan fingerprint density at radius 3 is 2.65 bits per heavy atom. The van der Waals surface area contributed by atoms with E-state index in [1.54, 1.807) is 0 Å². The summed E-state index contributed by atoms with van der Waals surface area (Å²) in [4.78, 5) is 18.2. The number of ether oxygens (including phenoxy) is 1. The minimum absolute atomic E-state index is 0.244. The summed E-state index contributed by atoms with van der Waals surface area (Å²) in [6, 6.07) is 11.4. The lowest BCUT2D eigenvalue weighted by Crippen LogP contribution is -2.68. The molecular formula is C22H30N2O2. The lowest BCUT2D eigenvalue weighted by atomic mass is 9.68. The van der Waals surface area contributed by atoms with E-state index in [9.17, 15) is 4.79 Å². The van der Waals surface area contributed by atoms with Gasteiger partial charge in [0.1, 0.15) is 6.10 Å². The first-order chi connectivity index (χ1) is 12.8. The molecule has 0 radical (unpaired) electrons. The number of hydrogen-bond donors (Lipinski definition) is 0. The summed E-state index contributed by atoms with van der Waals surface area (Å²) >= 11 is 0. The maximum atomic E-state index is 13.2. The Bertz CT molecular complexity index is 647. The molecule has 4 heteroatoms. The molecule has 4 heterocycles. The number of benzene rings is 1. The van der Waals surface area contributed by atoms with Crippen LogP contribution >= 0.6 is 0 Å². The average Bonchev–Trinajstić information content (AvgIpc) is 2.69. The van der Waals surface area contributed by atoms with E-state index in [1.807, 2.05) is 18.2 Å². The third kappa shape index (κ3) is 2.87. The molecule has 26 heavy (non-hydrogen) atoms. The largest absolute Gasteiger partial charge is 0.364 e. The summed E-state index contributed by atoms with van der Waals surface area (Å²) in [6.07, 6.45) is 6.97. The number of fused-ring (bicyclic) bond motifs is 2. The van der Waals surface area contributed by atoms with Gasteiger partial charge in [-0.25, -0.2) is 0 Å². The molecular weight excluding hydrogens is 324 g/mol. The summed E-state index contributed by atoms with van der Waals surface area (Å²) < 4.78 is 6.07. The van der Waals surface area contributed by atoms with E-state index in [2.05, 4.69) is 21.9 Å². The van der Waals surface area contributed by atoms with Crippen LogP contribution in [0.2, 0.25) is 0 Å². The Balaban J connectivity index is 1.30. The molecule has 4 aliphatic rings. The molecule has 5 atom stereocenters. The fourth-order valence-corrected chi connectivity index (χ4v) is 6.17. The van der Waals surface area contributed by atoms with Gasteiger partial charge in [-0.05, 0) is 69.0 Å². The maximum absolute atomic E-state index is 13.2. The summed E-state index contributed by atoms with van der Waals surface area (Å²) in [5.74, 6) is 1.64. The van der Waals surface area contributed by atoms with Crippen LogP contribution in [-0.2, 0) is 16.1 Å². The molecule has 5 unspecified atom stereocenters. The second-order valence-corrected chi connectivity index (χ2v) is 8.66. The Hall–Kier alpha value is -1.39. The van der Waals surface area contributed by atoms with Crippen LogP contribution < -0.4 is 0 Å². The zero-order valence-corrected chi connectivity index (χ0v) is 15.6. The molecule has 1 aromatic rings. The Kier molecular flexibility index (Phi) is 4.49. The van der Waals surface area contributed by atoms with Crippen LogP contribution in [0.4, 0.5) is 0 Å². The standard InChI is InChI=1S/C22H30N2O2/c25-22-20(26-15-16-6-2-1-3-7-16)11-10-19-18-9-5-13-23-12-4-8-17(21(18)23)14-24(19)22/h1-3,6-7,17-21H,4-5,8-15H2. The molecule has 0 saturated carbocycles. The van der Waals surface area contributed by atoms with Gasteiger partial charge in [0.05, 0.1) is 6.61 Å². The van der Waals surface area contributed by atoms with E-state index in [4.69, 9.17) is 4.74 Å². The van der Waals surface area contributed by atoms with Crippen molar-refractivity contribution in [2.75, 3.05) is 19.6 Å². The van der Waals surface area contributed by atoms with Gasteiger partial charge in [-0.3, -0.25) is 9.69 Å². The van der Waals surface area contributed by atoms with Gasteiger partial charge in [0.2, 0.25) is 0 Å². The number of carbonyl (C=O) groups is 1. The van der Waals surface area contributed by atoms with Crippen LogP contribution in [-0.4, -0.2) is 53.5 Å². The highest BCUT2D eigenvalue weighted by Crippen LogP contribution is 2.45. The van der Waals surface area contributed by atoms with E-state index in [1.165, 1.54) is 38.8 Å². The van der Waals surface area contributed by atoms with E-state index in [0.717, 1.165) is 31.0 Å². The molecule has 0 N–H and O–H groups in total. The zero-order chi connectivity index (χ0) is 17.5. The molecule has 0 bridgehead atoms. The van der Waals surface area contributed by atoms with Crippen molar-refractivity contribution in [1.82, 2.24) is 9.80 Å². The van der Waals surface area contributed by atoms with Gasteiger partial charge in [-0.15, -0.1) is 0 Å². The van der Waals surface area contributed by atoms with Gasteiger partial charge in [-0.2, -0.15) is 0 Å². The first-order valence-corrected chi connectivity index (χ1v) is 10.5. The van der Waals surface area contributed by atoms with E-state index in [0.29, 0.717) is 24.5 Å². The molecule has 1 amide bonds. The van der Waals surface area contributed by atoms with E-state index >= 15 is 0 Å². The van der Waals surface area contributed by atoms with Crippen molar-refractivity contribution in [3.63, 3.8) is 0 Å². The zero-order valence-electron chi connectivity index (χ0n) is 15.6. The normalized spacial score (nSPS) is 37.2. The van der Waals surface area contributed by atoms with Crippen LogP contribution in [0.15, 0.2) is 30.3 Å². The molecule has 0 spiro atoms. The van der Waals surface area contributed by atoms with Crippen molar-refractivity contribution in [1.29, 1.82) is 0 Å². The summed E-state index contributed by atoms with van der Waals surface area (Å²) in [5.41, 5.74) is 1.15. The van der Waals surface area contributed by atoms with Crippen LogP contribution in [0, 0.1) is 11.8 Å². The van der Waals surface area contributed by atoms with Gasteiger partial charge < -0.3 is 9.64 Å². The maximum Gasteiger partial charge on any atom is 0.251 e. The van der Waals surface area contributed by atoms with Crippen molar-refractivity contribution >= 4 is 5.91 Å². The van der Waals surface area contributed by atoms with Crippen LogP contribution in [0.25, 0.3) is 0 Å². The van der Waals surface area contributed by atoms with Crippen molar-refractivity contribution in [2.45, 2.75) is 63.3 Å². The molecule has 0 aliphatic carbocycles.